The predicted molar refractivity (Wildman–Crippen MR) is 61.6 cm³/mol. The quantitative estimate of drug-likeness (QED) is 0.828. The van der Waals surface area contributed by atoms with Crippen molar-refractivity contribution < 1.29 is 23.1 Å². The summed E-state index contributed by atoms with van der Waals surface area (Å²) in [6.45, 7) is 4.86. The van der Waals surface area contributed by atoms with Crippen LogP contribution in [0.5, 0.6) is 0 Å². The smallest absolute Gasteiger partial charge is 0.412 e. The number of carbonyl (C=O) groups excluding carboxylic acids is 2. The average molecular weight is 257 g/mol. The molecule has 0 atom stereocenters. The molecule has 1 aromatic rings. The summed E-state index contributed by atoms with van der Waals surface area (Å²) in [5, 5.41) is 1.96. The Kier molecular flexibility index (Phi) is 4.00. The van der Waals surface area contributed by atoms with Gasteiger partial charge in [-0.1, -0.05) is 0 Å². The fraction of sp³-hybridized carbons (Fsp3) is 0.333. The van der Waals surface area contributed by atoms with Crippen LogP contribution in [-0.2, 0) is 4.74 Å². The number of benzene rings is 1. The summed E-state index contributed by atoms with van der Waals surface area (Å²) in [7, 11) is 0. The summed E-state index contributed by atoms with van der Waals surface area (Å²) in [6.07, 6.45) is -0.664. The topological polar surface area (TPSA) is 55.4 Å². The molecular formula is C12H13F2NO3. The minimum absolute atomic E-state index is 0.153. The van der Waals surface area contributed by atoms with Gasteiger partial charge in [-0.15, -0.1) is 0 Å². The van der Waals surface area contributed by atoms with E-state index in [4.69, 9.17) is 4.74 Å². The molecule has 0 saturated carbocycles. The maximum atomic E-state index is 13.4. The van der Waals surface area contributed by atoms with E-state index in [0.29, 0.717) is 6.29 Å². The number of anilines is 1. The van der Waals surface area contributed by atoms with Gasteiger partial charge in [0.2, 0.25) is 0 Å². The van der Waals surface area contributed by atoms with Gasteiger partial charge in [0.1, 0.15) is 17.6 Å². The van der Waals surface area contributed by atoms with Crippen LogP contribution in [0.1, 0.15) is 31.1 Å². The molecule has 4 nitrogen and oxygen atoms in total. The largest absolute Gasteiger partial charge is 0.444 e. The fourth-order valence-corrected chi connectivity index (χ4v) is 1.19. The molecule has 0 fully saturated rings. The van der Waals surface area contributed by atoms with Crippen LogP contribution in [0.25, 0.3) is 0 Å². The van der Waals surface area contributed by atoms with E-state index in [2.05, 4.69) is 0 Å². The third kappa shape index (κ3) is 3.80. The van der Waals surface area contributed by atoms with E-state index < -0.39 is 29.0 Å². The lowest BCUT2D eigenvalue weighted by atomic mass is 10.2. The lowest BCUT2D eigenvalue weighted by Gasteiger charge is -2.20. The first-order valence-electron chi connectivity index (χ1n) is 5.17. The second-order valence-corrected chi connectivity index (χ2v) is 4.60. The van der Waals surface area contributed by atoms with Crippen molar-refractivity contribution in [3.8, 4) is 0 Å². The number of aldehydes is 1. The molecule has 0 spiro atoms. The van der Waals surface area contributed by atoms with E-state index in [1.807, 2.05) is 5.32 Å². The Morgan fingerprint density at radius 1 is 1.28 bits per heavy atom. The number of rotatable bonds is 2. The highest BCUT2D eigenvalue weighted by molar-refractivity contribution is 5.86. The van der Waals surface area contributed by atoms with Gasteiger partial charge >= 0.3 is 6.09 Å². The highest BCUT2D eigenvalue weighted by atomic mass is 19.1. The number of amides is 1. The Bertz CT molecular complexity index is 458. The fourth-order valence-electron chi connectivity index (χ4n) is 1.19. The first kappa shape index (κ1) is 14.1. The van der Waals surface area contributed by atoms with Crippen molar-refractivity contribution in [1.82, 2.24) is 0 Å². The summed E-state index contributed by atoms with van der Waals surface area (Å²) in [4.78, 5) is 21.7. The summed E-state index contributed by atoms with van der Waals surface area (Å²) in [6, 6.07) is 1.64. The van der Waals surface area contributed by atoms with Gasteiger partial charge in [-0.05, 0) is 32.9 Å². The van der Waals surface area contributed by atoms with Crippen LogP contribution in [0.2, 0.25) is 0 Å². The molecule has 1 amide bonds. The molecule has 0 radical (unpaired) electrons. The Hall–Kier alpha value is -1.98. The zero-order valence-corrected chi connectivity index (χ0v) is 10.2. The number of nitrogens with one attached hydrogen (secondary N) is 1. The molecule has 0 aliphatic rings. The molecule has 18 heavy (non-hydrogen) atoms. The highest BCUT2D eigenvalue weighted by Gasteiger charge is 2.19. The molecular weight excluding hydrogens is 244 g/mol. The van der Waals surface area contributed by atoms with Crippen LogP contribution in [0.15, 0.2) is 12.1 Å². The van der Waals surface area contributed by atoms with Crippen LogP contribution in [0, 0.1) is 11.6 Å². The molecule has 1 N–H and O–H groups in total. The Balaban J connectivity index is 2.92. The standard InChI is InChI=1S/C12H13F2NO3/c1-12(2,3)18-11(17)15-10-8(13)4-7(6-16)5-9(10)14/h4-6H,1-3H3,(H,15,17). The molecule has 98 valence electrons. The van der Waals surface area contributed by atoms with Crippen molar-refractivity contribution in [3.63, 3.8) is 0 Å². The van der Waals surface area contributed by atoms with Crippen molar-refractivity contribution in [2.45, 2.75) is 26.4 Å². The molecule has 0 aliphatic carbocycles. The van der Waals surface area contributed by atoms with Crippen molar-refractivity contribution in [2.75, 3.05) is 5.32 Å². The maximum Gasteiger partial charge on any atom is 0.412 e. The van der Waals surface area contributed by atoms with Gasteiger partial charge in [0, 0.05) is 5.56 Å². The maximum absolute atomic E-state index is 13.4. The Morgan fingerprint density at radius 2 is 1.78 bits per heavy atom. The summed E-state index contributed by atoms with van der Waals surface area (Å²) in [5.41, 5.74) is -1.57. The minimum Gasteiger partial charge on any atom is -0.444 e. The SMILES string of the molecule is CC(C)(C)OC(=O)Nc1c(F)cc(C=O)cc1F. The highest BCUT2D eigenvalue weighted by Crippen LogP contribution is 2.21. The lowest BCUT2D eigenvalue weighted by molar-refractivity contribution is 0.0634. The normalized spacial score (nSPS) is 10.9. The Labute approximate surface area is 103 Å². The molecule has 1 rings (SSSR count). The molecule has 0 heterocycles. The monoisotopic (exact) mass is 257 g/mol. The van der Waals surface area contributed by atoms with E-state index >= 15 is 0 Å². The summed E-state index contributed by atoms with van der Waals surface area (Å²) < 4.78 is 31.7. The number of hydrogen-bond donors (Lipinski definition) is 1. The molecule has 0 aliphatic heterocycles. The van der Waals surface area contributed by atoms with Gasteiger partial charge in [0.25, 0.3) is 0 Å². The van der Waals surface area contributed by atoms with Crippen molar-refractivity contribution >= 4 is 18.1 Å². The van der Waals surface area contributed by atoms with Gasteiger partial charge in [0.05, 0.1) is 0 Å². The molecule has 1 aromatic carbocycles. The van der Waals surface area contributed by atoms with Crippen molar-refractivity contribution in [2.24, 2.45) is 0 Å². The number of ether oxygens (including phenoxy) is 1. The van der Waals surface area contributed by atoms with Gasteiger partial charge in [-0.3, -0.25) is 10.1 Å². The van der Waals surface area contributed by atoms with Crippen molar-refractivity contribution in [3.05, 3.63) is 29.3 Å². The summed E-state index contributed by atoms with van der Waals surface area (Å²) >= 11 is 0. The third-order valence-electron chi connectivity index (χ3n) is 1.83. The average Bonchev–Trinajstić information content (AvgIpc) is 2.20. The third-order valence-corrected chi connectivity index (χ3v) is 1.83. The number of hydrogen-bond acceptors (Lipinski definition) is 3. The van der Waals surface area contributed by atoms with E-state index in [9.17, 15) is 18.4 Å². The van der Waals surface area contributed by atoms with Crippen LogP contribution < -0.4 is 5.32 Å². The van der Waals surface area contributed by atoms with Crippen LogP contribution in [0.4, 0.5) is 19.3 Å². The molecule has 0 unspecified atom stereocenters. The van der Waals surface area contributed by atoms with Crippen LogP contribution in [0.3, 0.4) is 0 Å². The van der Waals surface area contributed by atoms with E-state index in [-0.39, 0.29) is 5.56 Å². The second-order valence-electron chi connectivity index (χ2n) is 4.60. The molecule has 6 heteroatoms. The van der Waals surface area contributed by atoms with Crippen molar-refractivity contribution in [1.29, 1.82) is 0 Å². The zero-order valence-electron chi connectivity index (χ0n) is 10.2. The van der Waals surface area contributed by atoms with Crippen LogP contribution >= 0.6 is 0 Å². The molecule has 0 bridgehead atoms. The Morgan fingerprint density at radius 3 is 2.17 bits per heavy atom. The molecule has 0 saturated heterocycles. The molecule has 0 aromatic heterocycles. The zero-order chi connectivity index (χ0) is 13.9. The first-order valence-corrected chi connectivity index (χ1v) is 5.17. The number of carbonyl (C=O) groups is 2. The predicted octanol–water partition coefficient (Wildman–Crippen LogP) is 3.12. The van der Waals surface area contributed by atoms with Gasteiger partial charge in [0.15, 0.2) is 11.6 Å². The summed E-state index contributed by atoms with van der Waals surface area (Å²) in [5.74, 6) is -2.08. The van der Waals surface area contributed by atoms with E-state index in [1.54, 1.807) is 20.8 Å². The van der Waals surface area contributed by atoms with E-state index in [0.717, 1.165) is 12.1 Å². The van der Waals surface area contributed by atoms with Gasteiger partial charge in [-0.25, -0.2) is 13.6 Å². The number of halogens is 2. The van der Waals surface area contributed by atoms with Gasteiger partial charge < -0.3 is 4.74 Å². The lowest BCUT2D eigenvalue weighted by Crippen LogP contribution is -2.27. The first-order chi connectivity index (χ1) is 8.23. The van der Waals surface area contributed by atoms with Crippen LogP contribution in [-0.4, -0.2) is 18.0 Å². The second kappa shape index (κ2) is 5.12. The van der Waals surface area contributed by atoms with E-state index in [1.165, 1.54) is 0 Å². The van der Waals surface area contributed by atoms with Gasteiger partial charge in [-0.2, -0.15) is 0 Å². The minimum atomic E-state index is -1.04.